The van der Waals surface area contributed by atoms with Gasteiger partial charge in [0.2, 0.25) is 0 Å². The second-order valence-corrected chi connectivity index (χ2v) is 5.02. The van der Waals surface area contributed by atoms with Gasteiger partial charge in [0.1, 0.15) is 13.2 Å². The summed E-state index contributed by atoms with van der Waals surface area (Å²) in [5, 5.41) is 21.3. The molecule has 0 radical (unpaired) electrons. The number of esters is 2. The number of nitrogens with zero attached hydrogens (tertiary/aromatic N) is 2. The number of carbonyl (C=O) groups is 2. The first kappa shape index (κ1) is 18.7. The van der Waals surface area contributed by atoms with Gasteiger partial charge in [-0.3, -0.25) is 10.8 Å². The quantitative estimate of drug-likeness (QED) is 0.380. The molecule has 0 unspecified atom stereocenters. The molecule has 0 fully saturated rings. The van der Waals surface area contributed by atoms with E-state index >= 15 is 0 Å². The molecule has 26 heavy (non-hydrogen) atoms. The van der Waals surface area contributed by atoms with Crippen LogP contribution in [-0.2, 0) is 32.3 Å². The van der Waals surface area contributed by atoms with Gasteiger partial charge in [-0.25, -0.2) is 9.59 Å². The third-order valence-corrected chi connectivity index (χ3v) is 3.06. The van der Waals surface area contributed by atoms with Crippen molar-refractivity contribution in [2.75, 3.05) is 0 Å². The first-order valence-electron chi connectivity index (χ1n) is 7.57. The summed E-state index contributed by atoms with van der Waals surface area (Å²) in [5.41, 5.74) is 1.51. The van der Waals surface area contributed by atoms with Crippen LogP contribution in [0.15, 0.2) is 70.9 Å². The van der Waals surface area contributed by atoms with Crippen molar-refractivity contribution < 1.29 is 19.1 Å². The van der Waals surface area contributed by atoms with Crippen LogP contribution in [0.5, 0.6) is 0 Å². The number of hydrogen-bond acceptors (Lipinski definition) is 6. The van der Waals surface area contributed by atoms with Crippen LogP contribution in [0.4, 0.5) is 0 Å². The maximum atomic E-state index is 11.6. The minimum absolute atomic E-state index is 0.0197. The third kappa shape index (κ3) is 6.08. The van der Waals surface area contributed by atoms with Gasteiger partial charge in [-0.1, -0.05) is 60.7 Å². The van der Waals surface area contributed by atoms with Gasteiger partial charge < -0.3 is 9.47 Å². The summed E-state index contributed by atoms with van der Waals surface area (Å²) in [6.45, 7) is -0.0394. The van der Waals surface area contributed by atoms with E-state index in [0.29, 0.717) is 0 Å². The molecule has 2 N–H and O–H groups in total. The Labute approximate surface area is 149 Å². The summed E-state index contributed by atoms with van der Waals surface area (Å²) < 4.78 is 9.77. The van der Waals surface area contributed by atoms with E-state index in [2.05, 4.69) is 10.2 Å². The van der Waals surface area contributed by atoms with Crippen molar-refractivity contribution in [2.45, 2.75) is 13.2 Å². The van der Waals surface area contributed by atoms with E-state index in [1.165, 1.54) is 0 Å². The SMILES string of the molecule is N=C(/N=N\C(=N)C(=O)OCc1ccccc1)C(=O)OCc1ccccc1. The molecule has 0 amide bonds. The number of benzene rings is 2. The molecule has 0 spiro atoms. The predicted molar refractivity (Wildman–Crippen MR) is 92.8 cm³/mol. The van der Waals surface area contributed by atoms with Crippen molar-refractivity contribution in [3.63, 3.8) is 0 Å². The van der Waals surface area contributed by atoms with Gasteiger partial charge in [0.25, 0.3) is 11.7 Å². The predicted octanol–water partition coefficient (Wildman–Crippen LogP) is 2.88. The molecule has 0 aliphatic rings. The molecule has 0 aliphatic carbocycles. The molecule has 0 bridgehead atoms. The highest BCUT2D eigenvalue weighted by atomic mass is 16.5. The van der Waals surface area contributed by atoms with Crippen LogP contribution in [0.25, 0.3) is 0 Å². The van der Waals surface area contributed by atoms with Gasteiger partial charge in [0.05, 0.1) is 0 Å². The molecule has 2 aromatic carbocycles. The standard InChI is InChI=1S/C18H16N4O4/c19-15(17(23)25-11-13-7-3-1-4-8-13)21-22-16(20)18(24)26-12-14-9-5-2-6-10-14/h1-10,19-20H,11-12H2/b19-15?,20-16?,22-21-. The topological polar surface area (TPSA) is 125 Å². The molecule has 0 atom stereocenters. The number of carbonyl (C=O) groups excluding carboxylic acids is 2. The molecule has 2 rings (SSSR count). The highest BCUT2D eigenvalue weighted by Crippen LogP contribution is 2.03. The van der Waals surface area contributed by atoms with Crippen LogP contribution in [0.2, 0.25) is 0 Å². The third-order valence-electron chi connectivity index (χ3n) is 3.06. The molecular weight excluding hydrogens is 336 g/mol. The second kappa shape index (κ2) is 9.58. The number of ether oxygens (including phenoxy) is 2. The number of rotatable bonds is 4. The van der Waals surface area contributed by atoms with Crippen molar-refractivity contribution in [3.05, 3.63) is 71.8 Å². The summed E-state index contributed by atoms with van der Waals surface area (Å²) in [5.74, 6) is -3.66. The summed E-state index contributed by atoms with van der Waals surface area (Å²) >= 11 is 0. The van der Waals surface area contributed by atoms with Crippen molar-refractivity contribution in [3.8, 4) is 0 Å². The lowest BCUT2D eigenvalue weighted by Crippen LogP contribution is -2.17. The van der Waals surface area contributed by atoms with Gasteiger partial charge >= 0.3 is 11.9 Å². The lowest BCUT2D eigenvalue weighted by atomic mass is 10.2. The number of hydrogen-bond donors (Lipinski definition) is 2. The highest BCUT2D eigenvalue weighted by Gasteiger charge is 2.14. The zero-order valence-corrected chi connectivity index (χ0v) is 13.7. The lowest BCUT2D eigenvalue weighted by molar-refractivity contribution is -0.138. The smallest absolute Gasteiger partial charge is 0.377 e. The van der Waals surface area contributed by atoms with Gasteiger partial charge in [-0.05, 0) is 11.1 Å². The van der Waals surface area contributed by atoms with E-state index in [0.717, 1.165) is 11.1 Å². The average Bonchev–Trinajstić information content (AvgIpc) is 2.69. The van der Waals surface area contributed by atoms with E-state index in [9.17, 15) is 9.59 Å². The molecule has 2 aromatic rings. The van der Waals surface area contributed by atoms with Crippen molar-refractivity contribution in [2.24, 2.45) is 10.2 Å². The zero-order chi connectivity index (χ0) is 18.8. The Hall–Kier alpha value is -3.68. The van der Waals surface area contributed by atoms with Crippen LogP contribution < -0.4 is 0 Å². The minimum Gasteiger partial charge on any atom is -0.455 e. The summed E-state index contributed by atoms with van der Waals surface area (Å²) in [6, 6.07) is 17.8. The summed E-state index contributed by atoms with van der Waals surface area (Å²) in [7, 11) is 0. The first-order chi connectivity index (χ1) is 12.6. The van der Waals surface area contributed by atoms with E-state index in [1.54, 1.807) is 48.5 Å². The maximum absolute atomic E-state index is 11.6. The Bertz CT molecular complexity index is 750. The van der Waals surface area contributed by atoms with Crippen LogP contribution in [0.1, 0.15) is 11.1 Å². The van der Waals surface area contributed by atoms with E-state index in [-0.39, 0.29) is 13.2 Å². The van der Waals surface area contributed by atoms with Gasteiger partial charge in [0, 0.05) is 0 Å². The van der Waals surface area contributed by atoms with Crippen LogP contribution in [0.3, 0.4) is 0 Å². The average molecular weight is 352 g/mol. The van der Waals surface area contributed by atoms with Crippen LogP contribution >= 0.6 is 0 Å². The summed E-state index contributed by atoms with van der Waals surface area (Å²) in [4.78, 5) is 23.2. The Morgan fingerprint density at radius 3 is 1.38 bits per heavy atom. The fourth-order valence-electron chi connectivity index (χ4n) is 1.76. The van der Waals surface area contributed by atoms with E-state index < -0.39 is 23.6 Å². The summed E-state index contributed by atoms with van der Waals surface area (Å²) in [6.07, 6.45) is 0. The molecule has 8 heteroatoms. The largest absolute Gasteiger partial charge is 0.455 e. The van der Waals surface area contributed by atoms with Crippen molar-refractivity contribution >= 4 is 23.6 Å². The molecule has 132 valence electrons. The number of nitrogens with one attached hydrogen (secondary N) is 2. The van der Waals surface area contributed by atoms with E-state index in [4.69, 9.17) is 20.3 Å². The molecule has 0 aromatic heterocycles. The van der Waals surface area contributed by atoms with Crippen molar-refractivity contribution in [1.29, 1.82) is 10.8 Å². The normalized spacial score (nSPS) is 10.3. The number of amidine groups is 2. The van der Waals surface area contributed by atoms with Crippen LogP contribution in [0, 0.1) is 10.8 Å². The Kier molecular flexibility index (Phi) is 6.87. The zero-order valence-electron chi connectivity index (χ0n) is 13.7. The molecule has 0 heterocycles. The highest BCUT2D eigenvalue weighted by molar-refractivity contribution is 6.36. The van der Waals surface area contributed by atoms with Gasteiger partial charge in [-0.2, -0.15) is 0 Å². The molecule has 8 nitrogen and oxygen atoms in total. The Balaban J connectivity index is 1.77. The van der Waals surface area contributed by atoms with Gasteiger partial charge in [0.15, 0.2) is 0 Å². The Morgan fingerprint density at radius 2 is 1.04 bits per heavy atom. The fourth-order valence-corrected chi connectivity index (χ4v) is 1.76. The second-order valence-electron chi connectivity index (χ2n) is 5.02. The lowest BCUT2D eigenvalue weighted by Gasteiger charge is -2.03. The minimum atomic E-state index is -1.01. The van der Waals surface area contributed by atoms with Gasteiger partial charge in [-0.15, -0.1) is 10.2 Å². The Morgan fingerprint density at radius 1 is 0.692 bits per heavy atom. The van der Waals surface area contributed by atoms with Crippen molar-refractivity contribution in [1.82, 2.24) is 0 Å². The molecule has 0 saturated heterocycles. The van der Waals surface area contributed by atoms with Crippen LogP contribution in [-0.4, -0.2) is 23.6 Å². The molecule has 0 saturated carbocycles. The van der Waals surface area contributed by atoms with E-state index in [1.807, 2.05) is 12.1 Å². The first-order valence-corrected chi connectivity index (χ1v) is 7.57. The fraction of sp³-hybridized carbons (Fsp3) is 0.111. The molecular formula is C18H16N4O4. The maximum Gasteiger partial charge on any atom is 0.377 e. The monoisotopic (exact) mass is 352 g/mol. The molecule has 0 aliphatic heterocycles. The number of azo groups is 1.